The smallest absolute Gasteiger partial charge is 0.324 e. The first-order valence-electron chi connectivity index (χ1n) is 10.2. The van der Waals surface area contributed by atoms with Crippen LogP contribution in [0.2, 0.25) is 5.02 Å². The number of nitrogens with one attached hydrogen (secondary N) is 1. The zero-order valence-electron chi connectivity index (χ0n) is 17.8. The number of amides is 1. The molecule has 1 heterocycles. The summed E-state index contributed by atoms with van der Waals surface area (Å²) in [5.41, 5.74) is 2.89. The van der Waals surface area contributed by atoms with E-state index in [0.29, 0.717) is 21.6 Å². The number of aryl methyl sites for hydroxylation is 1. The van der Waals surface area contributed by atoms with E-state index >= 15 is 0 Å². The lowest BCUT2D eigenvalue weighted by Gasteiger charge is -2.15. The molecule has 7 heteroatoms. The van der Waals surface area contributed by atoms with Gasteiger partial charge in [0.15, 0.2) is 0 Å². The molecule has 0 bridgehead atoms. The summed E-state index contributed by atoms with van der Waals surface area (Å²) in [5.74, 6) is -0.348. The average molecular weight is 448 g/mol. The molecule has 1 amide bonds. The lowest BCUT2D eigenvalue weighted by Crippen LogP contribution is -2.42. The molecule has 162 valence electrons. The first-order valence-corrected chi connectivity index (χ1v) is 10.6. The second-order valence-corrected chi connectivity index (χ2v) is 8.14. The van der Waals surface area contributed by atoms with Gasteiger partial charge in [0.1, 0.15) is 6.54 Å². The zero-order valence-corrected chi connectivity index (χ0v) is 18.5. The van der Waals surface area contributed by atoms with E-state index in [1.54, 1.807) is 48.5 Å². The van der Waals surface area contributed by atoms with E-state index in [0.717, 1.165) is 21.3 Å². The van der Waals surface area contributed by atoms with Crippen LogP contribution in [0.25, 0.3) is 10.9 Å². The Labute approximate surface area is 189 Å². The fourth-order valence-electron chi connectivity index (χ4n) is 3.70. The number of hydrogen-bond donors (Lipinski definition) is 1. The van der Waals surface area contributed by atoms with Gasteiger partial charge in [-0.25, -0.2) is 4.79 Å². The van der Waals surface area contributed by atoms with E-state index in [9.17, 15) is 14.4 Å². The Morgan fingerprint density at radius 1 is 0.938 bits per heavy atom. The van der Waals surface area contributed by atoms with Crippen LogP contribution in [0.3, 0.4) is 0 Å². The normalized spacial score (nSPS) is 11.0. The quantitative estimate of drug-likeness (QED) is 0.500. The Balaban J connectivity index is 1.76. The summed E-state index contributed by atoms with van der Waals surface area (Å²) in [6, 6.07) is 19.5. The van der Waals surface area contributed by atoms with Crippen molar-refractivity contribution in [2.45, 2.75) is 26.9 Å². The topological polar surface area (TPSA) is 73.1 Å². The molecule has 6 nitrogen and oxygen atoms in total. The summed E-state index contributed by atoms with van der Waals surface area (Å²) in [6.07, 6.45) is 0. The molecule has 0 aliphatic heterocycles. The van der Waals surface area contributed by atoms with Gasteiger partial charge in [0.2, 0.25) is 5.91 Å². The van der Waals surface area contributed by atoms with Gasteiger partial charge in [-0.2, -0.15) is 0 Å². The highest BCUT2D eigenvalue weighted by Crippen LogP contribution is 2.18. The molecule has 3 aromatic carbocycles. The summed E-state index contributed by atoms with van der Waals surface area (Å²) in [7, 11) is 0. The number of halogens is 1. The molecular formula is C25H22ClN3O3. The summed E-state index contributed by atoms with van der Waals surface area (Å²) < 4.78 is 2.47. The number of fused-ring (bicyclic) bond motifs is 1. The fourth-order valence-corrected chi connectivity index (χ4v) is 3.91. The molecule has 1 aromatic heterocycles. The Morgan fingerprint density at radius 3 is 2.47 bits per heavy atom. The molecule has 0 unspecified atom stereocenters. The lowest BCUT2D eigenvalue weighted by atomic mass is 10.1. The number of rotatable bonds is 5. The van der Waals surface area contributed by atoms with Crippen LogP contribution in [0.5, 0.6) is 0 Å². The minimum atomic E-state index is -0.551. The molecule has 0 radical (unpaired) electrons. The Bertz CT molecular complexity index is 1450. The minimum Gasteiger partial charge on any atom is -0.324 e. The van der Waals surface area contributed by atoms with Gasteiger partial charge >= 0.3 is 5.69 Å². The van der Waals surface area contributed by atoms with E-state index < -0.39 is 11.2 Å². The summed E-state index contributed by atoms with van der Waals surface area (Å²) in [6.45, 7) is 3.73. The van der Waals surface area contributed by atoms with Crippen LogP contribution in [0.15, 0.2) is 76.3 Å². The van der Waals surface area contributed by atoms with Crippen molar-refractivity contribution < 1.29 is 4.79 Å². The molecule has 0 aliphatic rings. The maximum absolute atomic E-state index is 13.3. The van der Waals surface area contributed by atoms with Crippen LogP contribution in [0, 0.1) is 13.8 Å². The van der Waals surface area contributed by atoms with Gasteiger partial charge in [-0.15, -0.1) is 0 Å². The zero-order chi connectivity index (χ0) is 22.8. The van der Waals surface area contributed by atoms with Gasteiger partial charge in [-0.05, 0) is 60.9 Å². The molecule has 0 fully saturated rings. The summed E-state index contributed by atoms with van der Waals surface area (Å²) in [4.78, 5) is 39.2. The number of benzene rings is 3. The third kappa shape index (κ3) is 4.22. The monoisotopic (exact) mass is 447 g/mol. The maximum atomic E-state index is 13.3. The predicted octanol–water partition coefficient (Wildman–Crippen LogP) is 4.12. The lowest BCUT2D eigenvalue weighted by molar-refractivity contribution is -0.116. The average Bonchev–Trinajstić information content (AvgIpc) is 2.77. The molecule has 1 N–H and O–H groups in total. The third-order valence-corrected chi connectivity index (χ3v) is 5.78. The Morgan fingerprint density at radius 2 is 1.69 bits per heavy atom. The van der Waals surface area contributed by atoms with Gasteiger partial charge < -0.3 is 5.32 Å². The summed E-state index contributed by atoms with van der Waals surface area (Å²) >= 11 is 6.06. The second-order valence-electron chi connectivity index (χ2n) is 7.70. The molecular weight excluding hydrogens is 426 g/mol. The maximum Gasteiger partial charge on any atom is 0.332 e. The SMILES string of the molecule is Cc1cccc(NC(=O)Cn2c(=O)n(Cc3cccc(Cl)c3)c(=O)c3ccccc32)c1C. The van der Waals surface area contributed by atoms with Crippen molar-refractivity contribution in [3.63, 3.8) is 0 Å². The first-order chi connectivity index (χ1) is 15.3. The van der Waals surface area contributed by atoms with Crippen LogP contribution in [0.4, 0.5) is 5.69 Å². The van der Waals surface area contributed by atoms with Crippen LogP contribution in [0.1, 0.15) is 16.7 Å². The van der Waals surface area contributed by atoms with Crippen molar-refractivity contribution in [3.05, 3.63) is 109 Å². The fraction of sp³-hybridized carbons (Fsp3) is 0.160. The third-order valence-electron chi connectivity index (χ3n) is 5.54. The van der Waals surface area contributed by atoms with E-state index in [1.165, 1.54) is 4.57 Å². The highest BCUT2D eigenvalue weighted by molar-refractivity contribution is 6.30. The van der Waals surface area contributed by atoms with Crippen molar-refractivity contribution in [3.8, 4) is 0 Å². The highest BCUT2D eigenvalue weighted by atomic mass is 35.5. The van der Waals surface area contributed by atoms with Crippen molar-refractivity contribution in [2.24, 2.45) is 0 Å². The van der Waals surface area contributed by atoms with Gasteiger partial charge in [0.05, 0.1) is 17.4 Å². The van der Waals surface area contributed by atoms with E-state index in [2.05, 4.69) is 5.32 Å². The number of hydrogen-bond acceptors (Lipinski definition) is 3. The number of anilines is 1. The number of carbonyl (C=O) groups is 1. The first kappa shape index (κ1) is 21.6. The van der Waals surface area contributed by atoms with E-state index in [-0.39, 0.29) is 19.0 Å². The standard InChI is InChI=1S/C25H22ClN3O3/c1-16-7-5-11-21(17(16)2)27-23(30)15-28-22-12-4-3-10-20(22)24(31)29(25(28)32)14-18-8-6-9-19(26)13-18/h3-13H,14-15H2,1-2H3,(H,27,30). The minimum absolute atomic E-state index is 0.0572. The van der Waals surface area contributed by atoms with E-state index in [1.807, 2.05) is 32.0 Å². The van der Waals surface area contributed by atoms with Crippen LogP contribution >= 0.6 is 11.6 Å². The molecule has 32 heavy (non-hydrogen) atoms. The number of aromatic nitrogens is 2. The largest absolute Gasteiger partial charge is 0.332 e. The van der Waals surface area contributed by atoms with Crippen LogP contribution in [-0.4, -0.2) is 15.0 Å². The van der Waals surface area contributed by atoms with Gasteiger partial charge in [-0.1, -0.05) is 48.0 Å². The van der Waals surface area contributed by atoms with Crippen molar-refractivity contribution in [2.75, 3.05) is 5.32 Å². The summed E-state index contributed by atoms with van der Waals surface area (Å²) in [5, 5.41) is 3.77. The van der Waals surface area contributed by atoms with Crippen LogP contribution < -0.4 is 16.6 Å². The van der Waals surface area contributed by atoms with Crippen LogP contribution in [-0.2, 0) is 17.9 Å². The molecule has 0 spiro atoms. The highest BCUT2D eigenvalue weighted by Gasteiger charge is 2.16. The van der Waals surface area contributed by atoms with Crippen molar-refractivity contribution in [1.29, 1.82) is 0 Å². The molecule has 0 aliphatic carbocycles. The molecule has 0 atom stereocenters. The van der Waals surface area contributed by atoms with E-state index in [4.69, 9.17) is 11.6 Å². The molecule has 4 rings (SSSR count). The molecule has 0 saturated carbocycles. The predicted molar refractivity (Wildman–Crippen MR) is 128 cm³/mol. The van der Waals surface area contributed by atoms with Gasteiger partial charge in [0, 0.05) is 10.7 Å². The number of nitrogens with zero attached hydrogens (tertiary/aromatic N) is 2. The van der Waals surface area contributed by atoms with Crippen molar-refractivity contribution >= 4 is 34.1 Å². The number of carbonyl (C=O) groups excluding carboxylic acids is 1. The molecule has 4 aromatic rings. The Kier molecular flexibility index (Phi) is 5.97. The number of para-hydroxylation sites is 1. The second kappa shape index (κ2) is 8.85. The van der Waals surface area contributed by atoms with Crippen molar-refractivity contribution in [1.82, 2.24) is 9.13 Å². The molecule has 0 saturated heterocycles. The van der Waals surface area contributed by atoms with Gasteiger partial charge in [-0.3, -0.25) is 18.7 Å². The van der Waals surface area contributed by atoms with Gasteiger partial charge in [0.25, 0.3) is 5.56 Å². The Hall–Kier alpha value is -3.64.